The van der Waals surface area contributed by atoms with Gasteiger partial charge in [0.1, 0.15) is 17.2 Å². The summed E-state index contributed by atoms with van der Waals surface area (Å²) in [5.74, 6) is -1.68. The Morgan fingerprint density at radius 1 is 0.913 bits per heavy atom. The SMILES string of the molecule is CC(=O)/C(C(N)=NC(=O)c1ccccc1)=C(/O)c1ccccc1. The van der Waals surface area contributed by atoms with Gasteiger partial charge in [0, 0.05) is 11.1 Å². The fraction of sp³-hybridized carbons (Fsp3) is 0.0556. The minimum atomic E-state index is -0.581. The molecule has 23 heavy (non-hydrogen) atoms. The Morgan fingerprint density at radius 3 is 1.87 bits per heavy atom. The third kappa shape index (κ3) is 3.91. The van der Waals surface area contributed by atoms with Crippen LogP contribution in [-0.2, 0) is 4.79 Å². The number of aliphatic hydroxyl groups excluding tert-OH is 1. The summed E-state index contributed by atoms with van der Waals surface area (Å²) in [4.78, 5) is 27.6. The number of ketones is 1. The van der Waals surface area contributed by atoms with Gasteiger partial charge in [0.25, 0.3) is 5.91 Å². The van der Waals surface area contributed by atoms with Crippen molar-refractivity contribution in [1.29, 1.82) is 0 Å². The van der Waals surface area contributed by atoms with Crippen molar-refractivity contribution in [3.63, 3.8) is 0 Å². The highest BCUT2D eigenvalue weighted by molar-refractivity contribution is 6.26. The van der Waals surface area contributed by atoms with Crippen LogP contribution in [-0.4, -0.2) is 22.6 Å². The van der Waals surface area contributed by atoms with Gasteiger partial charge in [-0.25, -0.2) is 0 Å². The fourth-order valence-corrected chi connectivity index (χ4v) is 2.02. The molecule has 5 heteroatoms. The van der Waals surface area contributed by atoms with Gasteiger partial charge in [0.2, 0.25) is 0 Å². The number of amides is 1. The molecule has 0 atom stereocenters. The zero-order valence-electron chi connectivity index (χ0n) is 12.6. The van der Waals surface area contributed by atoms with E-state index in [1.54, 1.807) is 60.7 Å². The van der Waals surface area contributed by atoms with Crippen LogP contribution in [0.4, 0.5) is 0 Å². The van der Waals surface area contributed by atoms with Crippen molar-refractivity contribution in [2.45, 2.75) is 6.92 Å². The molecule has 5 nitrogen and oxygen atoms in total. The second-order valence-corrected chi connectivity index (χ2v) is 4.81. The van der Waals surface area contributed by atoms with Crippen LogP contribution in [0.2, 0.25) is 0 Å². The lowest BCUT2D eigenvalue weighted by atomic mass is 10.0. The van der Waals surface area contributed by atoms with Crippen LogP contribution in [0.1, 0.15) is 22.8 Å². The summed E-state index contributed by atoms with van der Waals surface area (Å²) in [6, 6.07) is 16.8. The molecule has 1 amide bonds. The summed E-state index contributed by atoms with van der Waals surface area (Å²) in [5, 5.41) is 10.3. The van der Waals surface area contributed by atoms with Crippen molar-refractivity contribution in [1.82, 2.24) is 0 Å². The second-order valence-electron chi connectivity index (χ2n) is 4.81. The molecule has 116 valence electrons. The fourth-order valence-electron chi connectivity index (χ4n) is 2.02. The van der Waals surface area contributed by atoms with Crippen molar-refractivity contribution < 1.29 is 14.7 Å². The second kappa shape index (κ2) is 7.17. The van der Waals surface area contributed by atoms with Crippen LogP contribution in [0.5, 0.6) is 0 Å². The number of carbonyl (C=O) groups excluding carboxylic acids is 2. The summed E-state index contributed by atoms with van der Waals surface area (Å²) in [6.45, 7) is 1.25. The lowest BCUT2D eigenvalue weighted by molar-refractivity contribution is -0.113. The average molecular weight is 308 g/mol. The summed E-state index contributed by atoms with van der Waals surface area (Å²) < 4.78 is 0. The Kier molecular flexibility index (Phi) is 5.04. The van der Waals surface area contributed by atoms with E-state index < -0.39 is 11.7 Å². The molecule has 2 aromatic rings. The van der Waals surface area contributed by atoms with E-state index in [0.29, 0.717) is 11.1 Å². The summed E-state index contributed by atoms with van der Waals surface area (Å²) in [7, 11) is 0. The number of carbonyl (C=O) groups is 2. The van der Waals surface area contributed by atoms with E-state index in [4.69, 9.17) is 5.73 Å². The molecule has 3 N–H and O–H groups in total. The number of aliphatic hydroxyl groups is 1. The van der Waals surface area contributed by atoms with Crippen LogP contribution in [0, 0.1) is 0 Å². The maximum Gasteiger partial charge on any atom is 0.278 e. The molecular formula is C18H16N2O3. The van der Waals surface area contributed by atoms with Gasteiger partial charge in [0.15, 0.2) is 5.78 Å². The van der Waals surface area contributed by atoms with Crippen molar-refractivity contribution in [2.24, 2.45) is 10.7 Å². The largest absolute Gasteiger partial charge is 0.506 e. The molecule has 0 saturated heterocycles. The van der Waals surface area contributed by atoms with Crippen LogP contribution in [0.25, 0.3) is 5.76 Å². The number of amidine groups is 1. The lowest BCUT2D eigenvalue weighted by Gasteiger charge is -2.08. The first-order valence-electron chi connectivity index (χ1n) is 6.94. The van der Waals surface area contributed by atoms with Gasteiger partial charge in [-0.3, -0.25) is 9.59 Å². The molecule has 0 saturated carbocycles. The van der Waals surface area contributed by atoms with Crippen LogP contribution in [0.15, 0.2) is 71.2 Å². The zero-order chi connectivity index (χ0) is 16.8. The zero-order valence-corrected chi connectivity index (χ0v) is 12.6. The van der Waals surface area contributed by atoms with Crippen molar-refractivity contribution in [3.05, 3.63) is 77.4 Å². The summed E-state index contributed by atoms with van der Waals surface area (Å²) in [6.07, 6.45) is 0. The molecule has 0 spiro atoms. The van der Waals surface area contributed by atoms with Crippen LogP contribution in [0.3, 0.4) is 0 Å². The summed E-state index contributed by atoms with van der Waals surface area (Å²) in [5.41, 5.74) is 6.37. The minimum absolute atomic E-state index is 0.180. The Hall–Kier alpha value is -3.21. The Bertz CT molecular complexity index is 778. The summed E-state index contributed by atoms with van der Waals surface area (Å²) >= 11 is 0. The number of nitrogens with two attached hydrogens (primary N) is 1. The number of hydrogen-bond acceptors (Lipinski definition) is 3. The molecule has 0 unspecified atom stereocenters. The number of nitrogens with zero attached hydrogens (tertiary/aromatic N) is 1. The molecule has 0 aliphatic heterocycles. The van der Waals surface area contributed by atoms with Crippen molar-refractivity contribution in [2.75, 3.05) is 0 Å². The predicted octanol–water partition coefficient (Wildman–Crippen LogP) is 2.74. The topological polar surface area (TPSA) is 92.8 Å². The number of rotatable bonds is 4. The van der Waals surface area contributed by atoms with E-state index in [1.165, 1.54) is 6.92 Å². The molecule has 0 aliphatic rings. The lowest BCUT2D eigenvalue weighted by Crippen LogP contribution is -2.23. The van der Waals surface area contributed by atoms with Crippen molar-refractivity contribution in [3.8, 4) is 0 Å². The van der Waals surface area contributed by atoms with Crippen LogP contribution < -0.4 is 5.73 Å². The number of aliphatic imine (C=N–C) groups is 1. The Balaban J connectivity index is 2.44. The number of Topliss-reactive ketones (excluding diaryl/α,β-unsaturated/α-hetero) is 1. The molecule has 2 aromatic carbocycles. The van der Waals surface area contributed by atoms with Gasteiger partial charge in [-0.1, -0.05) is 48.5 Å². The van der Waals surface area contributed by atoms with Gasteiger partial charge in [-0.2, -0.15) is 4.99 Å². The van der Waals surface area contributed by atoms with Gasteiger partial charge < -0.3 is 10.8 Å². The number of hydrogen-bond donors (Lipinski definition) is 2. The molecular weight excluding hydrogens is 292 g/mol. The third-order valence-electron chi connectivity index (χ3n) is 3.13. The Labute approximate surface area is 133 Å². The van der Waals surface area contributed by atoms with Gasteiger partial charge >= 0.3 is 0 Å². The molecule has 0 bridgehead atoms. The van der Waals surface area contributed by atoms with E-state index in [2.05, 4.69) is 4.99 Å². The number of benzene rings is 2. The molecule has 0 radical (unpaired) electrons. The van der Waals surface area contributed by atoms with Gasteiger partial charge in [-0.05, 0) is 19.1 Å². The van der Waals surface area contributed by atoms with Gasteiger partial charge in [-0.15, -0.1) is 0 Å². The normalized spacial score (nSPS) is 12.5. The smallest absolute Gasteiger partial charge is 0.278 e. The minimum Gasteiger partial charge on any atom is -0.506 e. The highest BCUT2D eigenvalue weighted by atomic mass is 16.3. The van der Waals surface area contributed by atoms with Crippen molar-refractivity contribution >= 4 is 23.3 Å². The third-order valence-corrected chi connectivity index (χ3v) is 3.13. The average Bonchev–Trinajstić information content (AvgIpc) is 2.56. The molecule has 2 rings (SSSR count). The highest BCUT2D eigenvalue weighted by Gasteiger charge is 2.18. The van der Waals surface area contributed by atoms with E-state index in [0.717, 1.165) is 0 Å². The van der Waals surface area contributed by atoms with E-state index in [-0.39, 0.29) is 17.2 Å². The highest BCUT2D eigenvalue weighted by Crippen LogP contribution is 2.17. The standard InChI is InChI=1S/C18H16N2O3/c1-12(21)15(16(22)13-8-4-2-5-9-13)17(19)20-18(23)14-10-6-3-7-11-14/h2-11,22H,1H3,(H2,19,20,23)/b16-15-. The quantitative estimate of drug-likeness (QED) is 0.393. The van der Waals surface area contributed by atoms with Crippen LogP contribution >= 0.6 is 0 Å². The predicted molar refractivity (Wildman–Crippen MR) is 89.1 cm³/mol. The van der Waals surface area contributed by atoms with E-state index in [9.17, 15) is 14.7 Å². The Morgan fingerprint density at radius 2 is 1.39 bits per heavy atom. The monoisotopic (exact) mass is 308 g/mol. The van der Waals surface area contributed by atoms with E-state index in [1.807, 2.05) is 0 Å². The maximum atomic E-state index is 12.1. The maximum absolute atomic E-state index is 12.1. The van der Waals surface area contributed by atoms with Gasteiger partial charge in [0.05, 0.1) is 0 Å². The molecule has 0 aromatic heterocycles. The van der Waals surface area contributed by atoms with E-state index >= 15 is 0 Å². The molecule has 0 aliphatic carbocycles. The first-order chi connectivity index (χ1) is 11.0. The molecule has 0 fully saturated rings. The first kappa shape index (κ1) is 16.2. The first-order valence-corrected chi connectivity index (χ1v) is 6.94. The molecule has 0 heterocycles.